The molecule has 2 heterocycles. The number of alkyl halides is 2. The number of rotatable bonds is 4. The van der Waals surface area contributed by atoms with Crippen molar-refractivity contribution >= 4 is 11.9 Å². The first kappa shape index (κ1) is 15.2. The summed E-state index contributed by atoms with van der Waals surface area (Å²) in [6, 6.07) is 0. The SMILES string of the molecule is CCOC(=O)C(F)(F)C1(O)CN(C(=O)c2cnccn2)C1. The second kappa shape index (κ2) is 5.32. The molecule has 1 aromatic rings. The Morgan fingerprint density at radius 2 is 2.14 bits per heavy atom. The van der Waals surface area contributed by atoms with Crippen LogP contribution in [0.4, 0.5) is 8.78 Å². The smallest absolute Gasteiger partial charge is 0.380 e. The number of carbonyl (C=O) groups excluding carboxylic acids is 2. The molecule has 9 heteroatoms. The van der Waals surface area contributed by atoms with Crippen molar-refractivity contribution in [3.05, 3.63) is 24.3 Å². The van der Waals surface area contributed by atoms with Crippen molar-refractivity contribution in [1.29, 1.82) is 0 Å². The molecular formula is C12H13F2N3O4. The Hall–Kier alpha value is -2.16. The molecule has 1 fully saturated rings. The number of esters is 1. The third kappa shape index (κ3) is 2.56. The highest BCUT2D eigenvalue weighted by atomic mass is 19.3. The van der Waals surface area contributed by atoms with Crippen LogP contribution in [-0.4, -0.2) is 63.1 Å². The molecule has 0 atom stereocenters. The number of amides is 1. The zero-order valence-electron chi connectivity index (χ0n) is 11.1. The van der Waals surface area contributed by atoms with Gasteiger partial charge < -0.3 is 14.7 Å². The number of nitrogens with zero attached hydrogens (tertiary/aromatic N) is 3. The lowest BCUT2D eigenvalue weighted by molar-refractivity contribution is -0.241. The number of aromatic nitrogens is 2. The second-order valence-corrected chi connectivity index (χ2v) is 4.58. The molecule has 1 amide bonds. The molecule has 0 aromatic carbocycles. The first-order valence-electron chi connectivity index (χ1n) is 6.14. The molecule has 0 radical (unpaired) electrons. The van der Waals surface area contributed by atoms with E-state index in [1.165, 1.54) is 25.5 Å². The summed E-state index contributed by atoms with van der Waals surface area (Å²) in [6.45, 7) is -0.224. The number of carbonyl (C=O) groups is 2. The molecule has 1 aliphatic heterocycles. The quantitative estimate of drug-likeness (QED) is 0.778. The third-order valence-electron chi connectivity index (χ3n) is 3.09. The van der Waals surface area contributed by atoms with Crippen LogP contribution < -0.4 is 0 Å². The Balaban J connectivity index is 2.05. The number of halogens is 2. The maximum atomic E-state index is 13.8. The summed E-state index contributed by atoms with van der Waals surface area (Å²) < 4.78 is 31.8. The van der Waals surface area contributed by atoms with Crippen LogP contribution in [0, 0.1) is 0 Å². The number of ether oxygens (including phenoxy) is 1. The van der Waals surface area contributed by atoms with Gasteiger partial charge in [-0.25, -0.2) is 9.78 Å². The minimum atomic E-state index is -4.08. The van der Waals surface area contributed by atoms with Gasteiger partial charge in [0.25, 0.3) is 5.91 Å². The molecule has 0 spiro atoms. The molecular weight excluding hydrogens is 288 g/mol. The summed E-state index contributed by atoms with van der Waals surface area (Å²) in [5.74, 6) is -6.53. The van der Waals surface area contributed by atoms with Crippen molar-refractivity contribution in [2.24, 2.45) is 0 Å². The summed E-state index contributed by atoms with van der Waals surface area (Å²) in [5, 5.41) is 9.82. The predicted molar refractivity (Wildman–Crippen MR) is 64.5 cm³/mol. The average molecular weight is 301 g/mol. The molecule has 7 nitrogen and oxygen atoms in total. The lowest BCUT2D eigenvalue weighted by atomic mass is 9.86. The summed E-state index contributed by atoms with van der Waals surface area (Å²) >= 11 is 0. The maximum absolute atomic E-state index is 13.8. The molecule has 2 rings (SSSR count). The molecule has 0 bridgehead atoms. The van der Waals surface area contributed by atoms with Crippen molar-refractivity contribution in [3.8, 4) is 0 Å². The standard InChI is InChI=1S/C12H13F2N3O4/c1-2-21-10(19)12(13,14)11(20)6-17(7-11)9(18)8-5-15-3-4-16-8/h3-5,20H,2,6-7H2,1H3. The van der Waals surface area contributed by atoms with Crippen molar-refractivity contribution in [3.63, 3.8) is 0 Å². The van der Waals surface area contributed by atoms with Crippen LogP contribution in [-0.2, 0) is 9.53 Å². The van der Waals surface area contributed by atoms with Gasteiger partial charge in [0.2, 0.25) is 0 Å². The Bertz CT molecular complexity index is 547. The summed E-state index contributed by atoms with van der Waals surface area (Å²) in [4.78, 5) is 31.5. The van der Waals surface area contributed by atoms with Crippen LogP contribution >= 0.6 is 0 Å². The van der Waals surface area contributed by atoms with E-state index >= 15 is 0 Å². The Labute approximate surface area is 118 Å². The molecule has 1 saturated heterocycles. The highest BCUT2D eigenvalue weighted by molar-refractivity contribution is 5.93. The fourth-order valence-corrected chi connectivity index (χ4v) is 1.91. The molecule has 1 N–H and O–H groups in total. The van der Waals surface area contributed by atoms with E-state index < -0.39 is 36.5 Å². The van der Waals surface area contributed by atoms with Crippen LogP contribution in [0.3, 0.4) is 0 Å². The van der Waals surface area contributed by atoms with Gasteiger partial charge in [0.05, 0.1) is 25.9 Å². The molecule has 114 valence electrons. The van der Waals surface area contributed by atoms with Gasteiger partial charge in [0.15, 0.2) is 5.60 Å². The van der Waals surface area contributed by atoms with Gasteiger partial charge in [-0.15, -0.1) is 0 Å². The Morgan fingerprint density at radius 3 is 2.67 bits per heavy atom. The average Bonchev–Trinajstić information content (AvgIpc) is 2.44. The van der Waals surface area contributed by atoms with E-state index in [1.54, 1.807) is 0 Å². The zero-order chi connectivity index (χ0) is 15.7. The van der Waals surface area contributed by atoms with Gasteiger partial charge >= 0.3 is 11.9 Å². The highest BCUT2D eigenvalue weighted by Crippen LogP contribution is 2.38. The van der Waals surface area contributed by atoms with Crippen LogP contribution in [0.1, 0.15) is 17.4 Å². The first-order valence-corrected chi connectivity index (χ1v) is 6.14. The van der Waals surface area contributed by atoms with Crippen LogP contribution in [0.2, 0.25) is 0 Å². The van der Waals surface area contributed by atoms with Gasteiger partial charge in [-0.05, 0) is 6.92 Å². The number of hydrogen-bond acceptors (Lipinski definition) is 6. The van der Waals surface area contributed by atoms with E-state index in [2.05, 4.69) is 14.7 Å². The highest BCUT2D eigenvalue weighted by Gasteiger charge is 2.66. The largest absolute Gasteiger partial charge is 0.461 e. The van der Waals surface area contributed by atoms with Crippen molar-refractivity contribution in [2.75, 3.05) is 19.7 Å². The summed E-state index contributed by atoms with van der Waals surface area (Å²) in [5.41, 5.74) is -2.66. The second-order valence-electron chi connectivity index (χ2n) is 4.58. The van der Waals surface area contributed by atoms with Gasteiger partial charge in [-0.3, -0.25) is 9.78 Å². The first-order chi connectivity index (χ1) is 9.82. The van der Waals surface area contributed by atoms with Gasteiger partial charge in [0.1, 0.15) is 5.69 Å². The van der Waals surface area contributed by atoms with E-state index in [0.717, 1.165) is 4.90 Å². The molecule has 0 unspecified atom stereocenters. The van der Waals surface area contributed by atoms with E-state index in [4.69, 9.17) is 0 Å². The van der Waals surface area contributed by atoms with Crippen molar-refractivity contribution in [2.45, 2.75) is 18.4 Å². The molecule has 1 aromatic heterocycles. The van der Waals surface area contributed by atoms with E-state index in [1.807, 2.05) is 0 Å². The van der Waals surface area contributed by atoms with Crippen molar-refractivity contribution in [1.82, 2.24) is 14.9 Å². The van der Waals surface area contributed by atoms with E-state index in [9.17, 15) is 23.5 Å². The normalized spacial score (nSPS) is 17.0. The predicted octanol–water partition coefficient (Wildman–Crippen LogP) is -0.138. The third-order valence-corrected chi connectivity index (χ3v) is 3.09. The number of likely N-dealkylation sites (tertiary alicyclic amines) is 1. The summed E-state index contributed by atoms with van der Waals surface area (Å²) in [7, 11) is 0. The molecule has 0 saturated carbocycles. The number of β-amino-alcohol motifs (C(OH)–C–C–N with tert-alkyl or cyclic N) is 1. The topological polar surface area (TPSA) is 92.6 Å². The maximum Gasteiger partial charge on any atom is 0.380 e. The molecule has 21 heavy (non-hydrogen) atoms. The van der Waals surface area contributed by atoms with Crippen LogP contribution in [0.5, 0.6) is 0 Å². The van der Waals surface area contributed by atoms with Gasteiger partial charge in [-0.1, -0.05) is 0 Å². The summed E-state index contributed by atoms with van der Waals surface area (Å²) in [6.07, 6.45) is 3.83. The van der Waals surface area contributed by atoms with Crippen LogP contribution in [0.15, 0.2) is 18.6 Å². The van der Waals surface area contributed by atoms with E-state index in [-0.39, 0.29) is 12.3 Å². The minimum Gasteiger partial charge on any atom is -0.461 e. The molecule has 1 aliphatic rings. The monoisotopic (exact) mass is 301 g/mol. The number of hydrogen-bond donors (Lipinski definition) is 1. The zero-order valence-corrected chi connectivity index (χ0v) is 11.1. The van der Waals surface area contributed by atoms with E-state index in [0.29, 0.717) is 0 Å². The lowest BCUT2D eigenvalue weighted by Crippen LogP contribution is -2.73. The van der Waals surface area contributed by atoms with Crippen molar-refractivity contribution < 1.29 is 28.2 Å². The van der Waals surface area contributed by atoms with Gasteiger partial charge in [0, 0.05) is 12.4 Å². The van der Waals surface area contributed by atoms with Crippen LogP contribution in [0.25, 0.3) is 0 Å². The van der Waals surface area contributed by atoms with Gasteiger partial charge in [-0.2, -0.15) is 8.78 Å². The minimum absolute atomic E-state index is 0.0287. The molecule has 0 aliphatic carbocycles. The Morgan fingerprint density at radius 1 is 1.48 bits per heavy atom. The fraction of sp³-hybridized carbons (Fsp3) is 0.500. The number of aliphatic hydroxyl groups is 1. The fourth-order valence-electron chi connectivity index (χ4n) is 1.91. The lowest BCUT2D eigenvalue weighted by Gasteiger charge is -2.48. The Kier molecular flexibility index (Phi) is 3.86.